The number of aromatic nitrogens is 1. The molecule has 0 saturated heterocycles. The van der Waals surface area contributed by atoms with Crippen LogP contribution in [0.5, 0.6) is 0 Å². The van der Waals surface area contributed by atoms with E-state index in [4.69, 9.17) is 4.42 Å². The van der Waals surface area contributed by atoms with Gasteiger partial charge in [-0.15, -0.1) is 11.8 Å². The van der Waals surface area contributed by atoms with Crippen LogP contribution in [0.25, 0.3) is 0 Å². The Kier molecular flexibility index (Phi) is 5.85. The second kappa shape index (κ2) is 8.48. The lowest BCUT2D eigenvalue weighted by Gasteiger charge is -2.03. The minimum absolute atomic E-state index is 0.233. The highest BCUT2D eigenvalue weighted by Crippen LogP contribution is 2.20. The zero-order valence-corrected chi connectivity index (χ0v) is 14.3. The predicted octanol–water partition coefficient (Wildman–Crippen LogP) is 4.18. The zero-order valence-electron chi connectivity index (χ0n) is 13.4. The SMILES string of the molecule is O=C(NCc1cccnc1)c1ccc(CSCc2cccc(F)c2)o1. The van der Waals surface area contributed by atoms with Gasteiger partial charge in [0.15, 0.2) is 5.76 Å². The van der Waals surface area contributed by atoms with E-state index < -0.39 is 0 Å². The van der Waals surface area contributed by atoms with Crippen molar-refractivity contribution in [2.75, 3.05) is 0 Å². The van der Waals surface area contributed by atoms with Gasteiger partial charge in [-0.25, -0.2) is 4.39 Å². The molecule has 3 rings (SSSR count). The van der Waals surface area contributed by atoms with Crippen molar-refractivity contribution in [2.45, 2.75) is 18.1 Å². The second-order valence-electron chi connectivity index (χ2n) is 5.43. The first kappa shape index (κ1) is 17.2. The molecule has 2 aromatic heterocycles. The van der Waals surface area contributed by atoms with Gasteiger partial charge in [0.2, 0.25) is 0 Å². The van der Waals surface area contributed by atoms with Gasteiger partial charge in [0.05, 0.1) is 5.75 Å². The Morgan fingerprint density at radius 3 is 2.80 bits per heavy atom. The minimum atomic E-state index is -0.259. The summed E-state index contributed by atoms with van der Waals surface area (Å²) in [5.74, 6) is 1.81. The Balaban J connectivity index is 1.47. The van der Waals surface area contributed by atoms with Crippen LogP contribution >= 0.6 is 11.8 Å². The van der Waals surface area contributed by atoms with Crippen LogP contribution in [0.4, 0.5) is 4.39 Å². The summed E-state index contributed by atoms with van der Waals surface area (Å²) in [6.45, 7) is 0.400. The summed E-state index contributed by atoms with van der Waals surface area (Å²) >= 11 is 1.60. The van der Waals surface area contributed by atoms with E-state index in [-0.39, 0.29) is 17.5 Å². The van der Waals surface area contributed by atoms with Crippen molar-refractivity contribution < 1.29 is 13.6 Å². The Hall–Kier alpha value is -2.60. The van der Waals surface area contributed by atoms with E-state index in [1.165, 1.54) is 12.1 Å². The van der Waals surface area contributed by atoms with Gasteiger partial charge in [-0.3, -0.25) is 9.78 Å². The molecule has 0 aliphatic carbocycles. The van der Waals surface area contributed by atoms with Crippen LogP contribution in [0, 0.1) is 5.82 Å². The largest absolute Gasteiger partial charge is 0.455 e. The van der Waals surface area contributed by atoms with E-state index in [2.05, 4.69) is 10.3 Å². The Morgan fingerprint density at radius 2 is 2.00 bits per heavy atom. The zero-order chi connectivity index (χ0) is 17.5. The number of benzene rings is 1. The van der Waals surface area contributed by atoms with E-state index in [0.29, 0.717) is 23.8 Å². The summed E-state index contributed by atoms with van der Waals surface area (Å²) in [7, 11) is 0. The average molecular weight is 356 g/mol. The standard InChI is InChI=1S/C19H17FN2O2S/c20-16-5-1-3-14(9-16)12-25-13-17-6-7-18(24-17)19(23)22-11-15-4-2-8-21-10-15/h1-10H,11-13H2,(H,22,23). The lowest BCUT2D eigenvalue weighted by molar-refractivity contribution is 0.0921. The third kappa shape index (κ3) is 5.19. The first-order valence-corrected chi connectivity index (χ1v) is 8.94. The number of halogens is 1. The molecule has 3 aromatic rings. The summed E-state index contributed by atoms with van der Waals surface area (Å²) in [4.78, 5) is 16.1. The first-order valence-electron chi connectivity index (χ1n) is 7.79. The van der Waals surface area contributed by atoms with Crippen molar-refractivity contribution in [3.63, 3.8) is 0 Å². The number of furan rings is 1. The molecule has 4 nitrogen and oxygen atoms in total. The molecule has 0 saturated carbocycles. The Morgan fingerprint density at radius 1 is 1.12 bits per heavy atom. The quantitative estimate of drug-likeness (QED) is 0.690. The molecular formula is C19H17FN2O2S. The molecule has 2 heterocycles. The number of carbonyl (C=O) groups is 1. The molecule has 1 aromatic carbocycles. The normalized spacial score (nSPS) is 10.6. The van der Waals surface area contributed by atoms with Crippen molar-refractivity contribution in [1.29, 1.82) is 0 Å². The van der Waals surface area contributed by atoms with Gasteiger partial charge in [-0.1, -0.05) is 18.2 Å². The van der Waals surface area contributed by atoms with Crippen LogP contribution in [-0.2, 0) is 18.1 Å². The van der Waals surface area contributed by atoms with Gasteiger partial charge in [0.25, 0.3) is 5.91 Å². The highest BCUT2D eigenvalue weighted by Gasteiger charge is 2.11. The van der Waals surface area contributed by atoms with Crippen molar-refractivity contribution in [1.82, 2.24) is 10.3 Å². The Bertz CT molecular complexity index is 836. The summed E-state index contributed by atoms with van der Waals surface area (Å²) in [6, 6.07) is 13.7. The number of amides is 1. The molecule has 1 amide bonds. The van der Waals surface area contributed by atoms with Crippen LogP contribution in [0.2, 0.25) is 0 Å². The van der Waals surface area contributed by atoms with Crippen LogP contribution in [-0.4, -0.2) is 10.9 Å². The van der Waals surface area contributed by atoms with E-state index in [1.807, 2.05) is 18.2 Å². The van der Waals surface area contributed by atoms with Gasteiger partial charge >= 0.3 is 0 Å². The fourth-order valence-electron chi connectivity index (χ4n) is 2.25. The highest BCUT2D eigenvalue weighted by molar-refractivity contribution is 7.97. The van der Waals surface area contributed by atoms with Crippen LogP contribution in [0.1, 0.15) is 27.4 Å². The number of nitrogens with one attached hydrogen (secondary N) is 1. The first-order chi connectivity index (χ1) is 12.2. The van der Waals surface area contributed by atoms with E-state index in [1.54, 1.807) is 42.4 Å². The van der Waals surface area contributed by atoms with Gasteiger partial charge < -0.3 is 9.73 Å². The second-order valence-corrected chi connectivity index (χ2v) is 6.42. The number of hydrogen-bond donors (Lipinski definition) is 1. The molecule has 0 spiro atoms. The molecule has 0 unspecified atom stereocenters. The molecule has 0 bridgehead atoms. The fourth-order valence-corrected chi connectivity index (χ4v) is 3.12. The maximum Gasteiger partial charge on any atom is 0.287 e. The molecular weight excluding hydrogens is 339 g/mol. The molecule has 0 radical (unpaired) electrons. The molecule has 6 heteroatoms. The molecule has 0 fully saturated rings. The highest BCUT2D eigenvalue weighted by atomic mass is 32.2. The van der Waals surface area contributed by atoms with Gasteiger partial charge in [0, 0.05) is 24.7 Å². The topological polar surface area (TPSA) is 55.1 Å². The lowest BCUT2D eigenvalue weighted by atomic mass is 10.2. The van der Waals surface area contributed by atoms with Crippen molar-refractivity contribution in [3.8, 4) is 0 Å². The molecule has 0 atom stereocenters. The third-order valence-electron chi connectivity index (χ3n) is 3.46. The minimum Gasteiger partial charge on any atom is -0.455 e. The summed E-state index contributed by atoms with van der Waals surface area (Å²) in [5, 5.41) is 2.80. The average Bonchev–Trinajstić information content (AvgIpc) is 3.10. The van der Waals surface area contributed by atoms with Crippen LogP contribution in [0.3, 0.4) is 0 Å². The maximum atomic E-state index is 13.1. The van der Waals surface area contributed by atoms with Gasteiger partial charge in [-0.2, -0.15) is 0 Å². The molecule has 1 N–H and O–H groups in total. The van der Waals surface area contributed by atoms with Gasteiger partial charge in [0.1, 0.15) is 11.6 Å². The number of pyridine rings is 1. The van der Waals surface area contributed by atoms with E-state index in [9.17, 15) is 9.18 Å². The number of nitrogens with zero attached hydrogens (tertiary/aromatic N) is 1. The van der Waals surface area contributed by atoms with E-state index in [0.717, 1.165) is 11.1 Å². The summed E-state index contributed by atoms with van der Waals surface area (Å²) < 4.78 is 18.7. The molecule has 0 aliphatic heterocycles. The third-order valence-corrected chi connectivity index (χ3v) is 4.49. The lowest BCUT2D eigenvalue weighted by Crippen LogP contribution is -2.22. The number of thioether (sulfide) groups is 1. The predicted molar refractivity (Wildman–Crippen MR) is 95.5 cm³/mol. The van der Waals surface area contributed by atoms with Crippen molar-refractivity contribution >= 4 is 17.7 Å². The smallest absolute Gasteiger partial charge is 0.287 e. The monoisotopic (exact) mass is 356 g/mol. The molecule has 0 aliphatic rings. The summed E-state index contributed by atoms with van der Waals surface area (Å²) in [6.07, 6.45) is 3.39. The molecule has 25 heavy (non-hydrogen) atoms. The summed E-state index contributed by atoms with van der Waals surface area (Å²) in [5.41, 5.74) is 1.85. The van der Waals surface area contributed by atoms with Crippen LogP contribution < -0.4 is 5.32 Å². The van der Waals surface area contributed by atoms with E-state index >= 15 is 0 Å². The number of hydrogen-bond acceptors (Lipinski definition) is 4. The van der Waals surface area contributed by atoms with Crippen molar-refractivity contribution in [3.05, 3.63) is 89.4 Å². The Labute approximate surface area is 149 Å². The molecule has 128 valence electrons. The fraction of sp³-hybridized carbons (Fsp3) is 0.158. The number of carbonyl (C=O) groups excluding carboxylic acids is 1. The maximum absolute atomic E-state index is 13.1. The number of rotatable bonds is 7. The van der Waals surface area contributed by atoms with Crippen molar-refractivity contribution in [2.24, 2.45) is 0 Å². The van der Waals surface area contributed by atoms with Crippen LogP contribution in [0.15, 0.2) is 65.3 Å². The van der Waals surface area contributed by atoms with Gasteiger partial charge in [-0.05, 0) is 41.5 Å².